The number of benzene rings is 1. The average Bonchev–Trinajstić information content (AvgIpc) is 3.06. The topological polar surface area (TPSA) is 59.5 Å². The van der Waals surface area contributed by atoms with Crippen LogP contribution in [0, 0.1) is 18.7 Å². The third-order valence-corrected chi connectivity index (χ3v) is 5.12. The number of alkyl halides is 3. The van der Waals surface area contributed by atoms with Gasteiger partial charge in [-0.1, -0.05) is 6.07 Å². The number of halogens is 4. The maximum Gasteiger partial charge on any atom is 0.419 e. The number of fused-ring (bicyclic) bond motifs is 2. The summed E-state index contributed by atoms with van der Waals surface area (Å²) in [4.78, 5) is 4.59. The molecule has 0 radical (unpaired) electrons. The fraction of sp³-hybridized carbons (Fsp3) is 0.300. The highest BCUT2D eigenvalue weighted by molar-refractivity contribution is 5.68. The molecule has 0 saturated heterocycles. The molecule has 0 bridgehead atoms. The molecule has 2 heterocycles. The third-order valence-electron chi connectivity index (χ3n) is 5.12. The second-order valence-electron chi connectivity index (χ2n) is 6.77. The van der Waals surface area contributed by atoms with Gasteiger partial charge in [0.1, 0.15) is 5.82 Å². The van der Waals surface area contributed by atoms with Crippen LogP contribution in [0.3, 0.4) is 0 Å². The molecule has 1 aromatic carbocycles. The van der Waals surface area contributed by atoms with Gasteiger partial charge in [-0.2, -0.15) is 18.3 Å². The molecular weight excluding hydrogens is 390 g/mol. The number of ether oxygens (including phenoxy) is 2. The minimum atomic E-state index is -4.81. The number of allylic oxidation sites excluding steroid dienone is 1. The molecule has 152 valence electrons. The van der Waals surface area contributed by atoms with E-state index in [1.54, 1.807) is 12.2 Å². The lowest BCUT2D eigenvalue weighted by molar-refractivity contribution is -0.140. The molecule has 2 atom stereocenters. The number of hydrogen-bond acceptors (Lipinski definition) is 4. The van der Waals surface area contributed by atoms with Crippen LogP contribution in [0.2, 0.25) is 0 Å². The van der Waals surface area contributed by atoms with Gasteiger partial charge < -0.3 is 9.47 Å². The van der Waals surface area contributed by atoms with Gasteiger partial charge in [-0.25, -0.2) is 4.39 Å². The number of methoxy groups -OCH3 is 2. The van der Waals surface area contributed by atoms with E-state index in [1.165, 1.54) is 20.3 Å². The molecule has 4 rings (SSSR count). The highest BCUT2D eigenvalue weighted by Gasteiger charge is 2.37. The van der Waals surface area contributed by atoms with Crippen molar-refractivity contribution >= 4 is 5.57 Å². The number of rotatable bonds is 3. The molecule has 1 aliphatic carbocycles. The summed E-state index contributed by atoms with van der Waals surface area (Å²) in [5.41, 5.74) is 0.871. The Bertz CT molecular complexity index is 1160. The van der Waals surface area contributed by atoms with Crippen LogP contribution in [0.4, 0.5) is 17.6 Å². The van der Waals surface area contributed by atoms with Crippen LogP contribution in [-0.4, -0.2) is 24.4 Å². The molecule has 1 aromatic heterocycles. The Balaban J connectivity index is 1.95. The highest BCUT2D eigenvalue weighted by Crippen LogP contribution is 2.41. The van der Waals surface area contributed by atoms with E-state index < -0.39 is 29.5 Å². The summed E-state index contributed by atoms with van der Waals surface area (Å²) in [5.74, 6) is -0.817. The zero-order valence-corrected chi connectivity index (χ0v) is 15.8. The van der Waals surface area contributed by atoms with Crippen molar-refractivity contribution in [3.8, 4) is 0 Å². The second-order valence-corrected chi connectivity index (χ2v) is 6.77. The summed E-state index contributed by atoms with van der Waals surface area (Å²) in [6.45, 7) is 1.81. The lowest BCUT2D eigenvalue weighted by atomic mass is 9.81. The Labute approximate surface area is 163 Å². The first-order chi connectivity index (χ1) is 13.7. The molecule has 2 unspecified atom stereocenters. The summed E-state index contributed by atoms with van der Waals surface area (Å²) < 4.78 is 64.3. The van der Waals surface area contributed by atoms with E-state index >= 15 is 0 Å². The maximum atomic E-state index is 13.8. The predicted octanol–water partition coefficient (Wildman–Crippen LogP) is 3.09. The van der Waals surface area contributed by atoms with Crippen molar-refractivity contribution in [2.45, 2.75) is 19.1 Å². The number of aromatic nitrogens is 2. The van der Waals surface area contributed by atoms with Crippen LogP contribution in [-0.2, 0) is 15.7 Å². The van der Waals surface area contributed by atoms with Gasteiger partial charge in [0.15, 0.2) is 17.0 Å². The van der Waals surface area contributed by atoms with Crippen molar-refractivity contribution in [2.24, 2.45) is 10.9 Å². The van der Waals surface area contributed by atoms with Gasteiger partial charge in [0.25, 0.3) is 0 Å². The monoisotopic (exact) mass is 407 g/mol. The Morgan fingerprint density at radius 1 is 1.10 bits per heavy atom. The molecular formula is C20H17F4N3O2. The van der Waals surface area contributed by atoms with Crippen LogP contribution >= 0.6 is 0 Å². The fourth-order valence-corrected chi connectivity index (χ4v) is 3.78. The minimum absolute atomic E-state index is 0.236. The zero-order valence-electron chi connectivity index (χ0n) is 15.8. The number of hydrogen-bond donors (Lipinski definition) is 1. The summed E-state index contributed by atoms with van der Waals surface area (Å²) in [6.07, 6.45) is -1.27. The van der Waals surface area contributed by atoms with Gasteiger partial charge in [-0.3, -0.25) is 10.1 Å². The minimum Gasteiger partial charge on any atom is -0.493 e. The summed E-state index contributed by atoms with van der Waals surface area (Å²) >= 11 is 0. The summed E-state index contributed by atoms with van der Waals surface area (Å²) in [6, 6.07) is 2.23. The number of aromatic amines is 1. The lowest BCUT2D eigenvalue weighted by Crippen LogP contribution is -2.37. The third kappa shape index (κ3) is 3.10. The SMILES string of the molecule is COC1=CC2=c3c(C)n[nH]c3=NC(c3ccc(F)c(C(F)(F)F)c3)C2C=C1OC. The molecule has 29 heavy (non-hydrogen) atoms. The van der Waals surface area contributed by atoms with E-state index in [0.29, 0.717) is 22.7 Å². The normalized spacial score (nSPS) is 20.9. The molecule has 5 nitrogen and oxygen atoms in total. The van der Waals surface area contributed by atoms with Crippen molar-refractivity contribution in [3.05, 3.63) is 75.2 Å². The van der Waals surface area contributed by atoms with E-state index in [-0.39, 0.29) is 5.56 Å². The molecule has 0 saturated carbocycles. The van der Waals surface area contributed by atoms with E-state index in [1.807, 2.05) is 6.92 Å². The summed E-state index contributed by atoms with van der Waals surface area (Å²) in [5, 5.41) is 7.76. The smallest absolute Gasteiger partial charge is 0.419 e. The molecule has 0 fully saturated rings. The van der Waals surface area contributed by atoms with E-state index in [9.17, 15) is 17.6 Å². The Morgan fingerprint density at radius 2 is 1.83 bits per heavy atom. The van der Waals surface area contributed by atoms with Gasteiger partial charge in [-0.05, 0) is 42.3 Å². The zero-order chi connectivity index (χ0) is 20.9. The average molecular weight is 407 g/mol. The van der Waals surface area contributed by atoms with Crippen molar-refractivity contribution in [1.29, 1.82) is 0 Å². The first-order valence-corrected chi connectivity index (χ1v) is 8.76. The van der Waals surface area contributed by atoms with Gasteiger partial charge in [-0.15, -0.1) is 0 Å². The highest BCUT2D eigenvalue weighted by atomic mass is 19.4. The van der Waals surface area contributed by atoms with Crippen LogP contribution in [0.1, 0.15) is 22.9 Å². The van der Waals surface area contributed by atoms with E-state index in [0.717, 1.165) is 22.9 Å². The lowest BCUT2D eigenvalue weighted by Gasteiger charge is -2.30. The van der Waals surface area contributed by atoms with Crippen molar-refractivity contribution in [2.75, 3.05) is 14.2 Å². The van der Waals surface area contributed by atoms with Gasteiger partial charge in [0.2, 0.25) is 0 Å². The largest absolute Gasteiger partial charge is 0.493 e. The van der Waals surface area contributed by atoms with E-state index in [4.69, 9.17) is 9.47 Å². The van der Waals surface area contributed by atoms with Crippen molar-refractivity contribution in [3.63, 3.8) is 0 Å². The molecule has 1 aliphatic heterocycles. The Morgan fingerprint density at radius 3 is 2.48 bits per heavy atom. The Kier molecular flexibility index (Phi) is 4.48. The number of nitrogens with one attached hydrogen (secondary N) is 1. The number of aryl methyl sites for hydroxylation is 1. The van der Waals surface area contributed by atoms with Crippen LogP contribution in [0.25, 0.3) is 5.57 Å². The molecule has 2 aromatic rings. The number of nitrogens with zero attached hydrogens (tertiary/aromatic N) is 2. The van der Waals surface area contributed by atoms with Crippen LogP contribution in [0.15, 0.2) is 46.9 Å². The first-order valence-electron chi connectivity index (χ1n) is 8.76. The summed E-state index contributed by atoms with van der Waals surface area (Å²) in [7, 11) is 2.98. The molecule has 9 heteroatoms. The van der Waals surface area contributed by atoms with Gasteiger partial charge >= 0.3 is 6.18 Å². The van der Waals surface area contributed by atoms with Crippen LogP contribution < -0.4 is 10.7 Å². The number of H-pyrrole nitrogens is 1. The second kappa shape index (κ2) is 6.75. The fourth-order valence-electron chi connectivity index (χ4n) is 3.78. The van der Waals surface area contributed by atoms with E-state index in [2.05, 4.69) is 15.2 Å². The van der Waals surface area contributed by atoms with Gasteiger partial charge in [0.05, 0.1) is 31.5 Å². The van der Waals surface area contributed by atoms with Gasteiger partial charge in [0, 0.05) is 11.1 Å². The maximum absolute atomic E-state index is 13.8. The van der Waals surface area contributed by atoms with Crippen LogP contribution in [0.5, 0.6) is 0 Å². The van der Waals surface area contributed by atoms with Crippen molar-refractivity contribution < 1.29 is 27.0 Å². The Hall–Kier alpha value is -3.10. The standard InChI is InChI=1S/C20H17F4N3O2/c1-9-17-11-7-15(28-2)16(29-3)8-12(11)18(25-19(17)27-26-9)10-4-5-14(21)13(6-10)20(22,23)24/h4-8,12,18H,1-3H3,(H,25,27). The molecule has 2 aliphatic rings. The first kappa shape index (κ1) is 19.2. The quantitative estimate of drug-likeness (QED) is 0.796. The molecule has 0 amide bonds. The van der Waals surface area contributed by atoms with Crippen molar-refractivity contribution in [1.82, 2.24) is 10.2 Å². The predicted molar refractivity (Wildman–Crippen MR) is 95.3 cm³/mol. The molecule has 0 spiro atoms. The molecule has 1 N–H and O–H groups in total.